The van der Waals surface area contributed by atoms with Crippen LogP contribution >= 0.6 is 0 Å². The standard InChI is InChI=1S/C26H24F2N4O3.C3H6.C2H6/c1-5-15(6-2)17-13-21-24(16(17)7-3)25(33)32(22-11-12-23(35-4)30-29-22)26(34)31(21)14-18-19(27)9-8-10-20(18)28;1-3-2;1-2/h5-6,8-12H,1,7,13-14H2,2-4H3;3H,1H2,2H3;1-2H3/b15-6+;;. The number of ether oxygens (including phenoxy) is 1. The molecule has 9 heteroatoms. The van der Waals surface area contributed by atoms with E-state index in [0.717, 1.165) is 33.4 Å². The van der Waals surface area contributed by atoms with E-state index in [4.69, 9.17) is 4.74 Å². The number of fused-ring (bicyclic) bond motifs is 1. The van der Waals surface area contributed by atoms with Crippen LogP contribution in [-0.2, 0) is 13.0 Å². The highest BCUT2D eigenvalue weighted by Crippen LogP contribution is 2.36. The van der Waals surface area contributed by atoms with Crippen LogP contribution in [0.4, 0.5) is 8.78 Å². The minimum absolute atomic E-state index is 0.0229. The zero-order valence-electron chi connectivity index (χ0n) is 23.9. The lowest BCUT2D eigenvalue weighted by molar-refractivity contribution is 0.391. The van der Waals surface area contributed by atoms with E-state index in [0.29, 0.717) is 17.7 Å². The lowest BCUT2D eigenvalue weighted by Gasteiger charge is -2.17. The van der Waals surface area contributed by atoms with Gasteiger partial charge >= 0.3 is 5.69 Å². The summed E-state index contributed by atoms with van der Waals surface area (Å²) in [5, 5.41) is 7.84. The van der Waals surface area contributed by atoms with Crippen molar-refractivity contribution in [2.45, 2.75) is 54.0 Å². The van der Waals surface area contributed by atoms with Gasteiger partial charge in [0.2, 0.25) is 5.88 Å². The summed E-state index contributed by atoms with van der Waals surface area (Å²) in [5.41, 5.74) is 1.52. The smallest absolute Gasteiger partial charge is 0.337 e. The second-order valence-corrected chi connectivity index (χ2v) is 8.31. The van der Waals surface area contributed by atoms with Crippen molar-refractivity contribution in [2.24, 2.45) is 0 Å². The number of rotatable bonds is 7. The van der Waals surface area contributed by atoms with Crippen LogP contribution < -0.4 is 16.0 Å². The van der Waals surface area contributed by atoms with Crippen molar-refractivity contribution in [3.63, 3.8) is 0 Å². The second kappa shape index (κ2) is 14.7. The molecule has 0 saturated heterocycles. The van der Waals surface area contributed by atoms with Crippen LogP contribution in [0.15, 0.2) is 82.5 Å². The number of nitrogens with zero attached hydrogens (tertiary/aromatic N) is 4. The van der Waals surface area contributed by atoms with Gasteiger partial charge in [0, 0.05) is 23.7 Å². The lowest BCUT2D eigenvalue weighted by atomic mass is 9.99. The molecule has 0 aliphatic heterocycles. The zero-order chi connectivity index (χ0) is 30.0. The van der Waals surface area contributed by atoms with Gasteiger partial charge in [-0.2, -0.15) is 0 Å². The molecule has 0 spiro atoms. The minimum Gasteiger partial charge on any atom is -0.480 e. The van der Waals surface area contributed by atoms with Gasteiger partial charge in [-0.25, -0.2) is 18.1 Å². The van der Waals surface area contributed by atoms with Gasteiger partial charge in [-0.15, -0.1) is 16.8 Å². The maximum Gasteiger partial charge on any atom is 0.337 e. The van der Waals surface area contributed by atoms with Crippen molar-refractivity contribution in [2.75, 3.05) is 7.11 Å². The number of benzene rings is 1. The molecule has 0 radical (unpaired) electrons. The number of allylic oxidation sites excluding steroid dienone is 6. The first-order chi connectivity index (χ1) is 19.3. The Kier molecular flexibility index (Phi) is 11.7. The van der Waals surface area contributed by atoms with Gasteiger partial charge in [0.25, 0.3) is 5.56 Å². The molecule has 0 fully saturated rings. The van der Waals surface area contributed by atoms with E-state index >= 15 is 0 Å². The van der Waals surface area contributed by atoms with E-state index < -0.39 is 29.4 Å². The van der Waals surface area contributed by atoms with Gasteiger partial charge in [-0.05, 0) is 55.2 Å². The number of hydrogen-bond acceptors (Lipinski definition) is 5. The molecule has 0 bridgehead atoms. The van der Waals surface area contributed by atoms with Crippen molar-refractivity contribution >= 4 is 5.57 Å². The molecular formula is C31H36F2N4O3. The summed E-state index contributed by atoms with van der Waals surface area (Å²) >= 11 is 0. The highest BCUT2D eigenvalue weighted by Gasteiger charge is 2.31. The Morgan fingerprint density at radius 1 is 1.07 bits per heavy atom. The molecule has 1 aromatic carbocycles. The van der Waals surface area contributed by atoms with Crippen molar-refractivity contribution in [3.05, 3.63) is 122 Å². The van der Waals surface area contributed by atoms with Crippen LogP contribution in [0.25, 0.3) is 11.4 Å². The molecule has 2 aromatic heterocycles. The third kappa shape index (κ3) is 6.25. The number of methoxy groups -OCH3 is 1. The Labute approximate surface area is 233 Å². The summed E-state index contributed by atoms with van der Waals surface area (Å²) in [6.07, 6.45) is 6.06. The van der Waals surface area contributed by atoms with Crippen molar-refractivity contribution < 1.29 is 13.5 Å². The van der Waals surface area contributed by atoms with E-state index in [1.807, 2.05) is 40.7 Å². The van der Waals surface area contributed by atoms with Crippen molar-refractivity contribution in [1.29, 1.82) is 0 Å². The maximum atomic E-state index is 14.6. The number of halogens is 2. The van der Waals surface area contributed by atoms with Crippen LogP contribution in [0.3, 0.4) is 0 Å². The van der Waals surface area contributed by atoms with Crippen LogP contribution in [0.5, 0.6) is 5.88 Å². The van der Waals surface area contributed by atoms with E-state index in [9.17, 15) is 18.4 Å². The number of aromatic nitrogens is 4. The van der Waals surface area contributed by atoms with E-state index in [1.54, 1.807) is 12.2 Å². The molecule has 2 heterocycles. The first kappa shape index (κ1) is 31.8. The van der Waals surface area contributed by atoms with Crippen LogP contribution in [0, 0.1) is 11.6 Å². The molecule has 0 atom stereocenters. The quantitative estimate of drug-likeness (QED) is 0.259. The Bertz CT molecular complexity index is 1530. The molecule has 1 aliphatic rings. The molecule has 40 heavy (non-hydrogen) atoms. The van der Waals surface area contributed by atoms with Gasteiger partial charge in [-0.1, -0.05) is 51.6 Å². The lowest BCUT2D eigenvalue weighted by Crippen LogP contribution is -2.42. The van der Waals surface area contributed by atoms with Gasteiger partial charge in [-0.3, -0.25) is 9.36 Å². The summed E-state index contributed by atoms with van der Waals surface area (Å²) in [5.74, 6) is -1.38. The van der Waals surface area contributed by atoms with Crippen LogP contribution in [0.2, 0.25) is 0 Å². The van der Waals surface area contributed by atoms with Gasteiger partial charge < -0.3 is 4.74 Å². The average molecular weight is 551 g/mol. The predicted octanol–water partition coefficient (Wildman–Crippen LogP) is 6.19. The summed E-state index contributed by atoms with van der Waals surface area (Å²) in [6.45, 7) is 16.5. The largest absolute Gasteiger partial charge is 0.480 e. The first-order valence-electron chi connectivity index (χ1n) is 13.1. The van der Waals surface area contributed by atoms with Gasteiger partial charge in [0.15, 0.2) is 5.82 Å². The van der Waals surface area contributed by atoms with Crippen LogP contribution in [0.1, 0.15) is 57.9 Å². The molecule has 0 N–H and O–H groups in total. The second-order valence-electron chi connectivity index (χ2n) is 8.31. The molecular weight excluding hydrogens is 514 g/mol. The predicted molar refractivity (Wildman–Crippen MR) is 156 cm³/mol. The van der Waals surface area contributed by atoms with Crippen molar-refractivity contribution in [3.8, 4) is 11.7 Å². The highest BCUT2D eigenvalue weighted by atomic mass is 19.1. The number of hydrogen-bond donors (Lipinski definition) is 0. The molecule has 3 aromatic rings. The SMILES string of the molecule is C=C/C(=C\C)C1=C(CC)c2c(n(Cc3c(F)cccc3F)c(=O)n(-c3ccc(OC)nn3)c2=O)C1.C=CC.CC. The summed E-state index contributed by atoms with van der Waals surface area (Å²) in [6, 6.07) is 6.42. The normalized spacial score (nSPS) is 12.1. The monoisotopic (exact) mass is 550 g/mol. The maximum absolute atomic E-state index is 14.6. The Morgan fingerprint density at radius 3 is 2.17 bits per heavy atom. The third-order valence-electron chi connectivity index (χ3n) is 6.14. The fraction of sp³-hybridized carbons (Fsp3) is 0.290. The van der Waals surface area contributed by atoms with Gasteiger partial charge in [0.1, 0.15) is 11.6 Å². The molecule has 0 unspecified atom stereocenters. The topological polar surface area (TPSA) is 79.0 Å². The Balaban J connectivity index is 0.00000105. The fourth-order valence-electron chi connectivity index (χ4n) is 4.43. The molecule has 0 saturated carbocycles. The van der Waals surface area contributed by atoms with Crippen LogP contribution in [-0.4, -0.2) is 26.4 Å². The van der Waals surface area contributed by atoms with E-state index in [2.05, 4.69) is 23.4 Å². The molecule has 4 rings (SSSR count). The summed E-state index contributed by atoms with van der Waals surface area (Å²) < 4.78 is 36.3. The summed E-state index contributed by atoms with van der Waals surface area (Å²) in [7, 11) is 1.42. The molecule has 212 valence electrons. The molecule has 7 nitrogen and oxygen atoms in total. The van der Waals surface area contributed by atoms with Gasteiger partial charge in [0.05, 0.1) is 19.2 Å². The summed E-state index contributed by atoms with van der Waals surface area (Å²) in [4.78, 5) is 27.4. The Hall–Kier alpha value is -4.40. The molecule has 0 amide bonds. The minimum atomic E-state index is -0.783. The van der Waals surface area contributed by atoms with E-state index in [-0.39, 0.29) is 23.7 Å². The zero-order valence-corrected chi connectivity index (χ0v) is 23.9. The van der Waals surface area contributed by atoms with Crippen molar-refractivity contribution in [1.82, 2.24) is 19.3 Å². The third-order valence-corrected chi connectivity index (χ3v) is 6.14. The molecule has 1 aliphatic carbocycles. The van der Waals surface area contributed by atoms with E-state index in [1.165, 1.54) is 29.9 Å². The fourth-order valence-corrected chi connectivity index (χ4v) is 4.43. The average Bonchev–Trinajstić information content (AvgIpc) is 3.34. The highest BCUT2D eigenvalue weighted by molar-refractivity contribution is 5.79. The Morgan fingerprint density at radius 2 is 1.70 bits per heavy atom. The first-order valence-corrected chi connectivity index (χ1v) is 13.1.